The fourth-order valence-corrected chi connectivity index (χ4v) is 3.09. The summed E-state index contributed by atoms with van der Waals surface area (Å²) in [5.41, 5.74) is 0.611. The molecule has 27 heavy (non-hydrogen) atoms. The molecule has 0 saturated heterocycles. The standard InChI is InChI=1S/C19H26N4O2S.HI/c1-4-20-19(23-13-17-10-5-14(2)26-17)22-12-11-21-18(24)15-6-8-16(25-3)9-7-15;/h5-10H,4,11-13H2,1-3H3,(H,21,24)(H2,20,22,23);1H. The summed E-state index contributed by atoms with van der Waals surface area (Å²) in [6.07, 6.45) is 0. The fraction of sp³-hybridized carbons (Fsp3) is 0.368. The van der Waals surface area contributed by atoms with Crippen molar-refractivity contribution in [2.24, 2.45) is 4.99 Å². The molecule has 0 unspecified atom stereocenters. The lowest BCUT2D eigenvalue weighted by Gasteiger charge is -2.12. The van der Waals surface area contributed by atoms with Gasteiger partial charge < -0.3 is 20.7 Å². The van der Waals surface area contributed by atoms with Gasteiger partial charge in [-0.3, -0.25) is 4.79 Å². The number of hydrogen-bond acceptors (Lipinski definition) is 4. The molecule has 0 aliphatic heterocycles. The molecule has 1 heterocycles. The van der Waals surface area contributed by atoms with Crippen molar-refractivity contribution < 1.29 is 9.53 Å². The van der Waals surface area contributed by atoms with Crippen LogP contribution in [0.5, 0.6) is 5.75 Å². The van der Waals surface area contributed by atoms with Gasteiger partial charge in [0.05, 0.1) is 13.7 Å². The van der Waals surface area contributed by atoms with E-state index in [1.165, 1.54) is 9.75 Å². The largest absolute Gasteiger partial charge is 0.497 e. The highest BCUT2D eigenvalue weighted by molar-refractivity contribution is 14.0. The summed E-state index contributed by atoms with van der Waals surface area (Å²) < 4.78 is 5.09. The second kappa shape index (κ2) is 12.6. The number of aliphatic imine (C=N–C) groups is 1. The van der Waals surface area contributed by atoms with Crippen LogP contribution in [0.3, 0.4) is 0 Å². The maximum absolute atomic E-state index is 12.1. The van der Waals surface area contributed by atoms with Crippen LogP contribution in [0.25, 0.3) is 0 Å². The van der Waals surface area contributed by atoms with Gasteiger partial charge in [-0.2, -0.15) is 0 Å². The number of guanidine groups is 1. The molecule has 2 aromatic rings. The Bertz CT molecular complexity index is 732. The predicted molar refractivity (Wildman–Crippen MR) is 123 cm³/mol. The number of nitrogens with zero attached hydrogens (tertiary/aromatic N) is 1. The van der Waals surface area contributed by atoms with E-state index in [0.717, 1.165) is 18.3 Å². The topological polar surface area (TPSA) is 74.8 Å². The zero-order chi connectivity index (χ0) is 18.8. The van der Waals surface area contributed by atoms with Crippen molar-refractivity contribution in [3.8, 4) is 5.75 Å². The SMILES string of the molecule is CCNC(=NCc1ccc(C)s1)NCCNC(=O)c1ccc(OC)cc1.I. The van der Waals surface area contributed by atoms with Gasteiger partial charge in [-0.15, -0.1) is 35.3 Å². The number of rotatable bonds is 8. The van der Waals surface area contributed by atoms with Crippen LogP contribution in [0.15, 0.2) is 41.4 Å². The van der Waals surface area contributed by atoms with Crippen LogP contribution in [0, 0.1) is 6.92 Å². The van der Waals surface area contributed by atoms with E-state index in [1.807, 2.05) is 6.92 Å². The molecule has 0 spiro atoms. The minimum Gasteiger partial charge on any atom is -0.497 e. The molecule has 0 fully saturated rings. The lowest BCUT2D eigenvalue weighted by Crippen LogP contribution is -2.41. The van der Waals surface area contributed by atoms with Gasteiger partial charge in [0.25, 0.3) is 5.91 Å². The zero-order valence-electron chi connectivity index (χ0n) is 15.9. The summed E-state index contributed by atoms with van der Waals surface area (Å²) in [4.78, 5) is 19.2. The van der Waals surface area contributed by atoms with Crippen LogP contribution >= 0.6 is 35.3 Å². The van der Waals surface area contributed by atoms with Gasteiger partial charge in [-0.05, 0) is 50.2 Å². The molecule has 1 amide bonds. The van der Waals surface area contributed by atoms with Gasteiger partial charge >= 0.3 is 0 Å². The molecule has 3 N–H and O–H groups in total. The minimum absolute atomic E-state index is 0. The Balaban J connectivity index is 0.00000364. The first-order valence-corrected chi connectivity index (χ1v) is 9.43. The molecule has 0 aliphatic rings. The van der Waals surface area contributed by atoms with Crippen LogP contribution in [0.4, 0.5) is 0 Å². The fourth-order valence-electron chi connectivity index (χ4n) is 2.27. The number of thiophene rings is 1. The number of aryl methyl sites for hydroxylation is 1. The van der Waals surface area contributed by atoms with Crippen molar-refractivity contribution in [2.45, 2.75) is 20.4 Å². The highest BCUT2D eigenvalue weighted by atomic mass is 127. The Kier molecular flexibility index (Phi) is 10.8. The quantitative estimate of drug-likeness (QED) is 0.225. The number of halogens is 1. The van der Waals surface area contributed by atoms with E-state index in [9.17, 15) is 4.79 Å². The van der Waals surface area contributed by atoms with Gasteiger partial charge in [-0.25, -0.2) is 4.99 Å². The predicted octanol–water partition coefficient (Wildman–Crippen LogP) is 3.17. The molecule has 148 valence electrons. The Morgan fingerprint density at radius 1 is 1.07 bits per heavy atom. The molecule has 0 aliphatic carbocycles. The first-order valence-electron chi connectivity index (χ1n) is 8.62. The Morgan fingerprint density at radius 2 is 1.78 bits per heavy atom. The van der Waals surface area contributed by atoms with Gasteiger partial charge in [0.2, 0.25) is 0 Å². The molecule has 2 rings (SSSR count). The minimum atomic E-state index is -0.106. The number of ether oxygens (including phenoxy) is 1. The van der Waals surface area contributed by atoms with Crippen LogP contribution in [-0.4, -0.2) is 38.6 Å². The van der Waals surface area contributed by atoms with E-state index in [1.54, 1.807) is 42.7 Å². The van der Waals surface area contributed by atoms with Crippen molar-refractivity contribution in [3.63, 3.8) is 0 Å². The molecule has 1 aromatic heterocycles. The summed E-state index contributed by atoms with van der Waals surface area (Å²) in [7, 11) is 1.60. The Labute approximate surface area is 181 Å². The summed E-state index contributed by atoms with van der Waals surface area (Å²) in [5.74, 6) is 1.37. The molecule has 6 nitrogen and oxygen atoms in total. The van der Waals surface area contributed by atoms with Gasteiger partial charge in [0.15, 0.2) is 5.96 Å². The maximum Gasteiger partial charge on any atom is 0.251 e. The average Bonchev–Trinajstić information content (AvgIpc) is 3.08. The van der Waals surface area contributed by atoms with Gasteiger partial charge in [-0.1, -0.05) is 0 Å². The lowest BCUT2D eigenvalue weighted by atomic mass is 10.2. The van der Waals surface area contributed by atoms with E-state index in [2.05, 4.69) is 40.0 Å². The smallest absolute Gasteiger partial charge is 0.251 e. The molecule has 0 bridgehead atoms. The van der Waals surface area contributed by atoms with E-state index >= 15 is 0 Å². The number of methoxy groups -OCH3 is 1. The van der Waals surface area contributed by atoms with Crippen molar-refractivity contribution in [1.29, 1.82) is 0 Å². The second-order valence-electron chi connectivity index (χ2n) is 5.62. The lowest BCUT2D eigenvalue weighted by molar-refractivity contribution is 0.0954. The van der Waals surface area contributed by atoms with Gasteiger partial charge in [0.1, 0.15) is 5.75 Å². The third-order valence-electron chi connectivity index (χ3n) is 3.59. The van der Waals surface area contributed by atoms with Crippen LogP contribution < -0.4 is 20.7 Å². The van der Waals surface area contributed by atoms with Crippen molar-refractivity contribution in [3.05, 3.63) is 51.7 Å². The molecular weight excluding hydrogens is 475 g/mol. The summed E-state index contributed by atoms with van der Waals surface area (Å²) in [6.45, 7) is 6.65. The third-order valence-corrected chi connectivity index (χ3v) is 4.57. The van der Waals surface area contributed by atoms with E-state index < -0.39 is 0 Å². The number of benzene rings is 1. The Morgan fingerprint density at radius 3 is 2.37 bits per heavy atom. The van der Waals surface area contributed by atoms with Crippen LogP contribution in [-0.2, 0) is 6.54 Å². The summed E-state index contributed by atoms with van der Waals surface area (Å²) in [6, 6.07) is 11.2. The first-order chi connectivity index (χ1) is 12.6. The number of carbonyl (C=O) groups excluding carboxylic acids is 1. The Hall–Kier alpha value is -1.81. The van der Waals surface area contributed by atoms with Crippen molar-refractivity contribution >= 4 is 47.2 Å². The first kappa shape index (κ1) is 23.2. The summed E-state index contributed by atoms with van der Waals surface area (Å²) >= 11 is 1.75. The van der Waals surface area contributed by atoms with Crippen LogP contribution in [0.1, 0.15) is 27.0 Å². The third kappa shape index (κ3) is 8.17. The monoisotopic (exact) mass is 502 g/mol. The van der Waals surface area contributed by atoms with Crippen molar-refractivity contribution in [1.82, 2.24) is 16.0 Å². The molecule has 0 radical (unpaired) electrons. The van der Waals surface area contributed by atoms with Crippen LogP contribution in [0.2, 0.25) is 0 Å². The van der Waals surface area contributed by atoms with Gasteiger partial charge in [0, 0.05) is 35.0 Å². The second-order valence-corrected chi connectivity index (χ2v) is 6.99. The van der Waals surface area contributed by atoms with E-state index in [-0.39, 0.29) is 29.9 Å². The van der Waals surface area contributed by atoms with Crippen molar-refractivity contribution in [2.75, 3.05) is 26.7 Å². The average molecular weight is 502 g/mol. The number of nitrogens with one attached hydrogen (secondary N) is 3. The molecule has 1 aromatic carbocycles. The molecule has 8 heteroatoms. The summed E-state index contributed by atoms with van der Waals surface area (Å²) in [5, 5.41) is 9.33. The van der Waals surface area contributed by atoms with E-state index in [0.29, 0.717) is 25.2 Å². The highest BCUT2D eigenvalue weighted by Crippen LogP contribution is 2.15. The number of amides is 1. The maximum atomic E-state index is 12.1. The normalized spacial score (nSPS) is 10.7. The molecule has 0 saturated carbocycles. The molecule has 0 atom stereocenters. The zero-order valence-corrected chi connectivity index (χ0v) is 19.0. The van der Waals surface area contributed by atoms with E-state index in [4.69, 9.17) is 4.74 Å². The highest BCUT2D eigenvalue weighted by Gasteiger charge is 2.05. The molecular formula is C19H27IN4O2S. The number of carbonyl (C=O) groups is 1. The number of hydrogen-bond donors (Lipinski definition) is 3.